The second-order valence-corrected chi connectivity index (χ2v) is 3.60. The number of halogens is 1. The summed E-state index contributed by atoms with van der Waals surface area (Å²) in [5, 5.41) is 0. The van der Waals surface area contributed by atoms with Gasteiger partial charge in [0.15, 0.2) is 0 Å². The molecule has 0 radical (unpaired) electrons. The molecule has 0 saturated heterocycles. The summed E-state index contributed by atoms with van der Waals surface area (Å²) in [6.07, 6.45) is 4.51. The zero-order valence-electron chi connectivity index (χ0n) is 9.07. The van der Waals surface area contributed by atoms with E-state index in [0.717, 1.165) is 12.0 Å². The largest absolute Gasteiger partial charge is 0.465 e. The Morgan fingerprint density at radius 2 is 2.31 bits per heavy atom. The van der Waals surface area contributed by atoms with E-state index in [-0.39, 0.29) is 0 Å². The van der Waals surface area contributed by atoms with Crippen molar-refractivity contribution in [1.29, 1.82) is 0 Å². The Bertz CT molecular complexity index is 402. The monoisotopic (exact) mass is 239 g/mol. The van der Waals surface area contributed by atoms with Crippen LogP contribution in [0.15, 0.2) is 24.3 Å². The van der Waals surface area contributed by atoms with Crippen LogP contribution in [0.1, 0.15) is 22.3 Å². The molecule has 1 aromatic carbocycles. The number of allylic oxidation sites excluding steroid dienone is 1. The third-order valence-corrected chi connectivity index (χ3v) is 2.27. The van der Waals surface area contributed by atoms with E-state index in [1.165, 1.54) is 7.11 Å². The summed E-state index contributed by atoms with van der Waals surface area (Å²) in [6, 6.07) is 5.13. The van der Waals surface area contributed by atoms with Crippen LogP contribution < -0.4 is 5.73 Å². The van der Waals surface area contributed by atoms with Crippen LogP contribution >= 0.6 is 11.6 Å². The van der Waals surface area contributed by atoms with Crippen LogP contribution in [0, 0.1) is 0 Å². The number of rotatable bonds is 4. The molecule has 0 saturated carbocycles. The fraction of sp³-hybridized carbons (Fsp3) is 0.250. The highest BCUT2D eigenvalue weighted by molar-refractivity contribution is 6.17. The van der Waals surface area contributed by atoms with Gasteiger partial charge in [0.25, 0.3) is 0 Å². The number of ether oxygens (including phenoxy) is 1. The number of esters is 1. The lowest BCUT2D eigenvalue weighted by Gasteiger charge is -2.05. The number of methoxy groups -OCH3 is 1. The Balaban J connectivity index is 3.02. The Kier molecular flexibility index (Phi) is 4.86. The molecule has 1 aromatic rings. The predicted octanol–water partition coefficient (Wildman–Crippen LogP) is 2.70. The lowest BCUT2D eigenvalue weighted by atomic mass is 10.1. The van der Waals surface area contributed by atoms with Crippen LogP contribution in [0.3, 0.4) is 0 Å². The van der Waals surface area contributed by atoms with Crippen molar-refractivity contribution in [3.63, 3.8) is 0 Å². The van der Waals surface area contributed by atoms with E-state index in [1.807, 2.05) is 12.2 Å². The van der Waals surface area contributed by atoms with Crippen molar-refractivity contribution in [2.24, 2.45) is 0 Å². The maximum Gasteiger partial charge on any atom is 0.338 e. The van der Waals surface area contributed by atoms with Gasteiger partial charge in [-0.05, 0) is 24.1 Å². The Morgan fingerprint density at radius 1 is 1.56 bits per heavy atom. The molecule has 16 heavy (non-hydrogen) atoms. The topological polar surface area (TPSA) is 52.3 Å². The molecule has 0 aliphatic rings. The van der Waals surface area contributed by atoms with Crippen molar-refractivity contribution < 1.29 is 9.53 Å². The van der Waals surface area contributed by atoms with Gasteiger partial charge in [-0.2, -0.15) is 0 Å². The zero-order valence-corrected chi connectivity index (χ0v) is 9.83. The molecule has 2 N–H and O–H groups in total. The van der Waals surface area contributed by atoms with E-state index in [0.29, 0.717) is 17.1 Å². The molecular formula is C12H14ClNO2. The summed E-state index contributed by atoms with van der Waals surface area (Å²) in [4.78, 5) is 11.5. The summed E-state index contributed by atoms with van der Waals surface area (Å²) in [6.45, 7) is 0. The molecule has 0 bridgehead atoms. The van der Waals surface area contributed by atoms with E-state index in [4.69, 9.17) is 17.3 Å². The predicted molar refractivity (Wildman–Crippen MR) is 66.6 cm³/mol. The first-order valence-corrected chi connectivity index (χ1v) is 5.43. The third kappa shape index (κ3) is 3.28. The van der Waals surface area contributed by atoms with Gasteiger partial charge in [0.2, 0.25) is 0 Å². The van der Waals surface area contributed by atoms with Crippen LogP contribution in [0.25, 0.3) is 6.08 Å². The summed E-state index contributed by atoms with van der Waals surface area (Å²) < 4.78 is 4.68. The Morgan fingerprint density at radius 3 is 2.94 bits per heavy atom. The second kappa shape index (κ2) is 6.18. The number of carbonyl (C=O) groups is 1. The molecule has 0 unspecified atom stereocenters. The van der Waals surface area contributed by atoms with Gasteiger partial charge in [-0.15, -0.1) is 11.6 Å². The summed E-state index contributed by atoms with van der Waals surface area (Å²) in [5.41, 5.74) is 7.41. The number of alkyl halides is 1. The fourth-order valence-electron chi connectivity index (χ4n) is 1.28. The van der Waals surface area contributed by atoms with Gasteiger partial charge in [0.1, 0.15) is 0 Å². The molecule has 0 spiro atoms. The average molecular weight is 240 g/mol. The molecule has 0 fully saturated rings. The SMILES string of the molecule is COC(=O)c1cc(N)ccc1C=CCCCl. The van der Waals surface area contributed by atoms with Crippen molar-refractivity contribution >= 4 is 29.3 Å². The van der Waals surface area contributed by atoms with E-state index < -0.39 is 5.97 Å². The van der Waals surface area contributed by atoms with Crippen LogP contribution in [-0.2, 0) is 4.74 Å². The van der Waals surface area contributed by atoms with Gasteiger partial charge < -0.3 is 10.5 Å². The van der Waals surface area contributed by atoms with Gasteiger partial charge in [-0.1, -0.05) is 18.2 Å². The minimum atomic E-state index is -0.391. The van der Waals surface area contributed by atoms with Gasteiger partial charge >= 0.3 is 5.97 Å². The maximum absolute atomic E-state index is 11.5. The summed E-state index contributed by atoms with van der Waals surface area (Å²) >= 11 is 5.56. The highest BCUT2D eigenvalue weighted by Crippen LogP contribution is 2.16. The lowest BCUT2D eigenvalue weighted by molar-refractivity contribution is 0.0600. The van der Waals surface area contributed by atoms with E-state index in [1.54, 1.807) is 18.2 Å². The average Bonchev–Trinajstić information content (AvgIpc) is 2.30. The van der Waals surface area contributed by atoms with Gasteiger partial charge in [-0.3, -0.25) is 0 Å². The van der Waals surface area contributed by atoms with E-state index >= 15 is 0 Å². The molecule has 86 valence electrons. The Hall–Kier alpha value is -1.48. The molecule has 1 rings (SSSR count). The number of hydrogen-bond donors (Lipinski definition) is 1. The number of nitrogens with two attached hydrogens (primary N) is 1. The van der Waals surface area contributed by atoms with Crippen LogP contribution in [0.4, 0.5) is 5.69 Å². The number of anilines is 1. The van der Waals surface area contributed by atoms with Crippen molar-refractivity contribution in [2.75, 3.05) is 18.7 Å². The summed E-state index contributed by atoms with van der Waals surface area (Å²) in [5.74, 6) is 0.164. The highest BCUT2D eigenvalue weighted by atomic mass is 35.5. The van der Waals surface area contributed by atoms with Crippen molar-refractivity contribution in [3.05, 3.63) is 35.4 Å². The number of carbonyl (C=O) groups excluding carboxylic acids is 1. The van der Waals surface area contributed by atoms with E-state index in [2.05, 4.69) is 4.74 Å². The van der Waals surface area contributed by atoms with Crippen LogP contribution in [0.2, 0.25) is 0 Å². The molecule has 0 heterocycles. The van der Waals surface area contributed by atoms with Crippen LogP contribution in [0.5, 0.6) is 0 Å². The first-order valence-electron chi connectivity index (χ1n) is 4.89. The Labute approximate surface area is 99.8 Å². The molecular weight excluding hydrogens is 226 g/mol. The molecule has 4 heteroatoms. The van der Waals surface area contributed by atoms with Crippen molar-refractivity contribution in [2.45, 2.75) is 6.42 Å². The van der Waals surface area contributed by atoms with Crippen molar-refractivity contribution in [3.8, 4) is 0 Å². The van der Waals surface area contributed by atoms with Gasteiger partial charge in [-0.25, -0.2) is 4.79 Å². The number of nitrogen functional groups attached to an aromatic ring is 1. The van der Waals surface area contributed by atoms with Crippen molar-refractivity contribution in [1.82, 2.24) is 0 Å². The fourth-order valence-corrected chi connectivity index (χ4v) is 1.41. The molecule has 0 aliphatic heterocycles. The quantitative estimate of drug-likeness (QED) is 0.499. The molecule has 0 amide bonds. The smallest absolute Gasteiger partial charge is 0.338 e. The normalized spacial score (nSPS) is 10.6. The minimum Gasteiger partial charge on any atom is -0.465 e. The van der Waals surface area contributed by atoms with E-state index in [9.17, 15) is 4.79 Å². The zero-order chi connectivity index (χ0) is 12.0. The molecule has 0 aromatic heterocycles. The maximum atomic E-state index is 11.5. The highest BCUT2D eigenvalue weighted by Gasteiger charge is 2.09. The molecule has 0 atom stereocenters. The molecule has 0 aliphatic carbocycles. The van der Waals surface area contributed by atoms with Gasteiger partial charge in [0, 0.05) is 11.6 Å². The van der Waals surface area contributed by atoms with Crippen LogP contribution in [-0.4, -0.2) is 19.0 Å². The second-order valence-electron chi connectivity index (χ2n) is 3.22. The standard InChI is InChI=1S/C12H14ClNO2/c1-16-12(15)11-8-10(14)6-5-9(11)4-2-3-7-13/h2,4-6,8H,3,7,14H2,1H3. The minimum absolute atomic E-state index is 0.391. The lowest BCUT2D eigenvalue weighted by Crippen LogP contribution is -2.04. The number of hydrogen-bond acceptors (Lipinski definition) is 3. The third-order valence-electron chi connectivity index (χ3n) is 2.06. The first-order chi connectivity index (χ1) is 7.69. The van der Waals surface area contributed by atoms with Gasteiger partial charge in [0.05, 0.1) is 12.7 Å². The molecule has 3 nitrogen and oxygen atoms in total. The first kappa shape index (κ1) is 12.6. The number of benzene rings is 1. The summed E-state index contributed by atoms with van der Waals surface area (Å²) in [7, 11) is 1.35.